The molecular formula is C15H11N3. The maximum Gasteiger partial charge on any atom is 0.140 e. The number of aromatic nitrogens is 2. The molecule has 3 heteroatoms. The van der Waals surface area contributed by atoms with Gasteiger partial charge < -0.3 is 5.73 Å². The smallest absolute Gasteiger partial charge is 0.140 e. The quantitative estimate of drug-likeness (QED) is 0.506. The van der Waals surface area contributed by atoms with Gasteiger partial charge in [-0.05, 0) is 24.3 Å². The summed E-state index contributed by atoms with van der Waals surface area (Å²) in [5, 5.41) is 2.17. The second-order valence-electron chi connectivity index (χ2n) is 4.41. The van der Waals surface area contributed by atoms with E-state index in [4.69, 9.17) is 5.73 Å². The molecule has 2 N–H and O–H groups in total. The van der Waals surface area contributed by atoms with E-state index >= 15 is 0 Å². The van der Waals surface area contributed by atoms with Gasteiger partial charge in [0, 0.05) is 10.8 Å². The van der Waals surface area contributed by atoms with E-state index in [0.717, 1.165) is 22.1 Å². The van der Waals surface area contributed by atoms with Crippen LogP contribution in [0.2, 0.25) is 0 Å². The van der Waals surface area contributed by atoms with E-state index < -0.39 is 0 Å². The molecule has 0 aliphatic heterocycles. The number of nitrogens with two attached hydrogens (primary N) is 1. The van der Waals surface area contributed by atoms with Crippen LogP contribution in [0.3, 0.4) is 0 Å². The van der Waals surface area contributed by atoms with Crippen molar-refractivity contribution < 1.29 is 0 Å². The molecule has 0 saturated heterocycles. The molecule has 18 heavy (non-hydrogen) atoms. The third-order valence-corrected chi connectivity index (χ3v) is 3.35. The number of nitrogen functional groups attached to an aromatic ring is 1. The van der Waals surface area contributed by atoms with Crippen molar-refractivity contribution in [3.05, 3.63) is 54.6 Å². The standard InChI is InChI=1S/C15H11N3/c16-15-11-6-2-4-8-13(11)18-12-7-3-1-5-10(12)9-14(18)17-15/h1-9H,(H2,16,17). The van der Waals surface area contributed by atoms with Crippen molar-refractivity contribution in [2.75, 3.05) is 5.73 Å². The molecule has 2 aromatic carbocycles. The van der Waals surface area contributed by atoms with E-state index in [0.29, 0.717) is 5.82 Å². The topological polar surface area (TPSA) is 43.3 Å². The van der Waals surface area contributed by atoms with Crippen LogP contribution in [0, 0.1) is 0 Å². The Bertz CT molecular complexity index is 890. The van der Waals surface area contributed by atoms with E-state index in [9.17, 15) is 0 Å². The number of para-hydroxylation sites is 2. The predicted molar refractivity (Wildman–Crippen MR) is 74.6 cm³/mol. The molecule has 0 fully saturated rings. The maximum atomic E-state index is 6.02. The summed E-state index contributed by atoms with van der Waals surface area (Å²) in [7, 11) is 0. The molecule has 0 radical (unpaired) electrons. The Labute approximate surface area is 103 Å². The van der Waals surface area contributed by atoms with Crippen LogP contribution >= 0.6 is 0 Å². The fourth-order valence-corrected chi connectivity index (χ4v) is 2.54. The first-order valence-electron chi connectivity index (χ1n) is 5.89. The zero-order valence-corrected chi connectivity index (χ0v) is 9.67. The summed E-state index contributed by atoms with van der Waals surface area (Å²) in [6.45, 7) is 0. The van der Waals surface area contributed by atoms with Crippen molar-refractivity contribution in [2.24, 2.45) is 0 Å². The average Bonchev–Trinajstić information content (AvgIpc) is 2.77. The zero-order valence-electron chi connectivity index (χ0n) is 9.67. The lowest BCUT2D eigenvalue weighted by molar-refractivity contribution is 1.24. The van der Waals surface area contributed by atoms with Crippen LogP contribution in [0.15, 0.2) is 54.6 Å². The zero-order chi connectivity index (χ0) is 12.1. The molecule has 2 heterocycles. The molecule has 0 aliphatic rings. The summed E-state index contributed by atoms with van der Waals surface area (Å²) in [5.74, 6) is 0.584. The van der Waals surface area contributed by atoms with Crippen LogP contribution in [0.4, 0.5) is 5.82 Å². The highest BCUT2D eigenvalue weighted by Gasteiger charge is 2.08. The minimum absolute atomic E-state index is 0.584. The third kappa shape index (κ3) is 1.10. The molecule has 0 atom stereocenters. The Morgan fingerprint density at radius 3 is 2.50 bits per heavy atom. The minimum Gasteiger partial charge on any atom is -0.383 e. The van der Waals surface area contributed by atoms with Crippen LogP contribution in [0.1, 0.15) is 0 Å². The second kappa shape index (κ2) is 3.23. The summed E-state index contributed by atoms with van der Waals surface area (Å²) in [4.78, 5) is 4.48. The average molecular weight is 233 g/mol. The van der Waals surface area contributed by atoms with Gasteiger partial charge in [0.1, 0.15) is 11.5 Å². The van der Waals surface area contributed by atoms with Crippen LogP contribution in [-0.2, 0) is 0 Å². The SMILES string of the molecule is Nc1nc2cc3ccccc3n2c2ccccc12. The number of fused-ring (bicyclic) bond motifs is 5. The molecule has 0 aliphatic carbocycles. The van der Waals surface area contributed by atoms with E-state index in [1.54, 1.807) is 0 Å². The van der Waals surface area contributed by atoms with Gasteiger partial charge in [0.2, 0.25) is 0 Å². The first kappa shape index (κ1) is 9.48. The van der Waals surface area contributed by atoms with Crippen molar-refractivity contribution in [1.82, 2.24) is 9.38 Å². The monoisotopic (exact) mass is 233 g/mol. The Morgan fingerprint density at radius 2 is 1.61 bits per heavy atom. The fourth-order valence-electron chi connectivity index (χ4n) is 2.54. The lowest BCUT2D eigenvalue weighted by Crippen LogP contribution is -1.97. The van der Waals surface area contributed by atoms with E-state index in [1.165, 1.54) is 5.39 Å². The van der Waals surface area contributed by atoms with Crippen molar-refractivity contribution in [3.63, 3.8) is 0 Å². The lowest BCUT2D eigenvalue weighted by atomic mass is 10.2. The first-order chi connectivity index (χ1) is 8.84. The lowest BCUT2D eigenvalue weighted by Gasteiger charge is -2.05. The Hall–Kier alpha value is -2.55. The summed E-state index contributed by atoms with van der Waals surface area (Å²) < 4.78 is 2.15. The van der Waals surface area contributed by atoms with E-state index in [-0.39, 0.29) is 0 Å². The predicted octanol–water partition coefficient (Wildman–Crippen LogP) is 3.22. The summed E-state index contributed by atoms with van der Waals surface area (Å²) >= 11 is 0. The second-order valence-corrected chi connectivity index (χ2v) is 4.41. The van der Waals surface area contributed by atoms with Gasteiger partial charge in [-0.3, -0.25) is 4.40 Å². The number of anilines is 1. The number of benzene rings is 2. The van der Waals surface area contributed by atoms with Gasteiger partial charge in [0.15, 0.2) is 0 Å². The van der Waals surface area contributed by atoms with Gasteiger partial charge in [-0.2, -0.15) is 0 Å². The highest BCUT2D eigenvalue weighted by molar-refractivity contribution is 5.97. The molecule has 86 valence electrons. The van der Waals surface area contributed by atoms with Crippen molar-refractivity contribution in [2.45, 2.75) is 0 Å². The molecule has 4 rings (SSSR count). The highest BCUT2D eigenvalue weighted by Crippen LogP contribution is 2.26. The molecule has 4 aromatic rings. The fraction of sp³-hybridized carbons (Fsp3) is 0. The maximum absolute atomic E-state index is 6.02. The van der Waals surface area contributed by atoms with Gasteiger partial charge in [-0.25, -0.2) is 4.98 Å². The number of nitrogens with zero attached hydrogens (tertiary/aromatic N) is 2. The van der Waals surface area contributed by atoms with Crippen LogP contribution in [0.25, 0.3) is 27.5 Å². The van der Waals surface area contributed by atoms with Crippen molar-refractivity contribution in [3.8, 4) is 0 Å². The number of rotatable bonds is 0. The van der Waals surface area contributed by atoms with Gasteiger partial charge in [-0.15, -0.1) is 0 Å². The summed E-state index contributed by atoms with van der Waals surface area (Å²) in [6.07, 6.45) is 0. The molecule has 0 spiro atoms. The van der Waals surface area contributed by atoms with E-state index in [2.05, 4.69) is 33.7 Å². The molecule has 0 unspecified atom stereocenters. The Morgan fingerprint density at radius 1 is 0.889 bits per heavy atom. The van der Waals surface area contributed by atoms with Crippen molar-refractivity contribution >= 4 is 33.3 Å². The first-order valence-corrected chi connectivity index (χ1v) is 5.89. The van der Waals surface area contributed by atoms with Crippen LogP contribution in [-0.4, -0.2) is 9.38 Å². The third-order valence-electron chi connectivity index (χ3n) is 3.35. The largest absolute Gasteiger partial charge is 0.383 e. The molecule has 0 bridgehead atoms. The van der Waals surface area contributed by atoms with Crippen LogP contribution in [0.5, 0.6) is 0 Å². The van der Waals surface area contributed by atoms with Crippen LogP contribution < -0.4 is 5.73 Å². The minimum atomic E-state index is 0.584. The number of hydrogen-bond acceptors (Lipinski definition) is 2. The normalized spacial score (nSPS) is 11.6. The molecular weight excluding hydrogens is 222 g/mol. The van der Waals surface area contributed by atoms with Gasteiger partial charge in [0.05, 0.1) is 11.0 Å². The molecule has 0 amide bonds. The Kier molecular flexibility index (Phi) is 1.70. The molecule has 0 saturated carbocycles. The van der Waals surface area contributed by atoms with Crippen molar-refractivity contribution in [1.29, 1.82) is 0 Å². The van der Waals surface area contributed by atoms with Gasteiger partial charge in [-0.1, -0.05) is 30.3 Å². The van der Waals surface area contributed by atoms with E-state index in [1.807, 2.05) is 30.3 Å². The molecule has 3 nitrogen and oxygen atoms in total. The summed E-state index contributed by atoms with van der Waals surface area (Å²) in [5.41, 5.74) is 9.18. The van der Waals surface area contributed by atoms with Gasteiger partial charge in [0.25, 0.3) is 0 Å². The Balaban J connectivity index is 2.39. The van der Waals surface area contributed by atoms with Gasteiger partial charge >= 0.3 is 0 Å². The molecule has 2 aromatic heterocycles. The number of hydrogen-bond donors (Lipinski definition) is 1. The summed E-state index contributed by atoms with van der Waals surface area (Å²) in [6, 6.07) is 18.4. The highest BCUT2D eigenvalue weighted by atomic mass is 15.0.